The fourth-order valence-electron chi connectivity index (χ4n) is 3.72. The normalized spacial score (nSPS) is 10.4. The molecule has 0 spiro atoms. The van der Waals surface area contributed by atoms with Gasteiger partial charge in [-0.25, -0.2) is 0 Å². The molecule has 0 heterocycles. The molecule has 0 fully saturated rings. The first-order valence-corrected chi connectivity index (χ1v) is 12.5. The fraction of sp³-hybridized carbons (Fsp3) is 0.194. The van der Waals surface area contributed by atoms with Crippen LogP contribution in [0, 0.1) is 0 Å². The lowest BCUT2D eigenvalue weighted by atomic mass is 10.1. The van der Waals surface area contributed by atoms with Crippen molar-refractivity contribution in [2.45, 2.75) is 12.8 Å². The Labute approximate surface area is 218 Å². The third kappa shape index (κ3) is 8.93. The van der Waals surface area contributed by atoms with Crippen LogP contribution >= 0.6 is 0 Å². The van der Waals surface area contributed by atoms with Crippen molar-refractivity contribution in [1.82, 2.24) is 0 Å². The number of nitrogens with one attached hydrogen (secondary N) is 2. The maximum atomic E-state index is 12.6. The summed E-state index contributed by atoms with van der Waals surface area (Å²) in [6, 6.07) is 34.9. The Hall–Kier alpha value is -4.45. The van der Waals surface area contributed by atoms with Crippen LogP contribution in [-0.2, 0) is 11.2 Å². The van der Waals surface area contributed by atoms with Gasteiger partial charge in [0.2, 0.25) is 5.91 Å². The van der Waals surface area contributed by atoms with Gasteiger partial charge in [-0.15, -0.1) is 0 Å². The monoisotopic (exact) mass is 496 g/mol. The Morgan fingerprint density at radius 3 is 2.16 bits per heavy atom. The minimum Gasteiger partial charge on any atom is -0.494 e. The SMILES string of the molecule is O=C(CNc1ccccc1OCCOc1ccccc1)Nc1cccc(OCCCc2ccccc2)c1. The minimum absolute atomic E-state index is 0.100. The van der Waals surface area contributed by atoms with Crippen molar-refractivity contribution in [2.75, 3.05) is 37.0 Å². The average molecular weight is 497 g/mol. The van der Waals surface area contributed by atoms with Gasteiger partial charge in [0.25, 0.3) is 0 Å². The second-order valence-electron chi connectivity index (χ2n) is 8.37. The molecule has 0 aliphatic rings. The molecule has 4 aromatic rings. The number of hydrogen-bond acceptors (Lipinski definition) is 5. The van der Waals surface area contributed by atoms with Crippen molar-refractivity contribution in [2.24, 2.45) is 0 Å². The maximum Gasteiger partial charge on any atom is 0.243 e. The predicted molar refractivity (Wildman–Crippen MR) is 148 cm³/mol. The van der Waals surface area contributed by atoms with E-state index in [1.54, 1.807) is 0 Å². The van der Waals surface area contributed by atoms with Crippen LogP contribution in [0.3, 0.4) is 0 Å². The quantitative estimate of drug-likeness (QED) is 0.203. The molecule has 2 N–H and O–H groups in total. The molecule has 6 heteroatoms. The fourth-order valence-corrected chi connectivity index (χ4v) is 3.72. The Kier molecular flexibility index (Phi) is 9.83. The second-order valence-corrected chi connectivity index (χ2v) is 8.37. The molecule has 0 radical (unpaired) electrons. The van der Waals surface area contributed by atoms with Gasteiger partial charge in [-0.05, 0) is 54.8 Å². The summed E-state index contributed by atoms with van der Waals surface area (Å²) in [7, 11) is 0. The summed E-state index contributed by atoms with van der Waals surface area (Å²) in [6.45, 7) is 1.52. The molecule has 0 aliphatic heterocycles. The van der Waals surface area contributed by atoms with E-state index in [-0.39, 0.29) is 12.5 Å². The summed E-state index contributed by atoms with van der Waals surface area (Å²) in [5.41, 5.74) is 2.73. The zero-order valence-electron chi connectivity index (χ0n) is 20.8. The van der Waals surface area contributed by atoms with Crippen LogP contribution in [0.2, 0.25) is 0 Å². The van der Waals surface area contributed by atoms with E-state index in [9.17, 15) is 4.79 Å². The molecule has 0 saturated carbocycles. The molecule has 37 heavy (non-hydrogen) atoms. The van der Waals surface area contributed by atoms with Crippen molar-refractivity contribution in [1.29, 1.82) is 0 Å². The first kappa shape index (κ1) is 25.6. The molecule has 190 valence electrons. The Balaban J connectivity index is 1.19. The molecule has 0 bridgehead atoms. The smallest absolute Gasteiger partial charge is 0.243 e. The second kappa shape index (κ2) is 14.2. The number of para-hydroxylation sites is 3. The van der Waals surface area contributed by atoms with Gasteiger partial charge in [-0.3, -0.25) is 4.79 Å². The van der Waals surface area contributed by atoms with Gasteiger partial charge in [-0.1, -0.05) is 66.7 Å². The van der Waals surface area contributed by atoms with Gasteiger partial charge in [0, 0.05) is 11.8 Å². The highest BCUT2D eigenvalue weighted by molar-refractivity contribution is 5.94. The van der Waals surface area contributed by atoms with Crippen LogP contribution in [-0.4, -0.2) is 32.3 Å². The first-order chi connectivity index (χ1) is 18.3. The number of carbonyl (C=O) groups excluding carboxylic acids is 1. The van der Waals surface area contributed by atoms with Gasteiger partial charge in [-0.2, -0.15) is 0 Å². The maximum absolute atomic E-state index is 12.6. The lowest BCUT2D eigenvalue weighted by molar-refractivity contribution is -0.114. The van der Waals surface area contributed by atoms with E-state index >= 15 is 0 Å². The molecule has 4 rings (SSSR count). The van der Waals surface area contributed by atoms with Crippen molar-refractivity contribution >= 4 is 17.3 Å². The molecule has 0 saturated heterocycles. The zero-order valence-corrected chi connectivity index (χ0v) is 20.8. The number of hydrogen-bond donors (Lipinski definition) is 2. The topological polar surface area (TPSA) is 68.8 Å². The van der Waals surface area contributed by atoms with Gasteiger partial charge < -0.3 is 24.8 Å². The number of amides is 1. The van der Waals surface area contributed by atoms with Crippen molar-refractivity contribution < 1.29 is 19.0 Å². The van der Waals surface area contributed by atoms with Gasteiger partial charge in [0.15, 0.2) is 0 Å². The number of aryl methyl sites for hydroxylation is 1. The number of anilines is 2. The van der Waals surface area contributed by atoms with E-state index in [4.69, 9.17) is 14.2 Å². The van der Waals surface area contributed by atoms with E-state index < -0.39 is 0 Å². The molecule has 0 aliphatic carbocycles. The first-order valence-electron chi connectivity index (χ1n) is 12.5. The standard InChI is InChI=1S/C31H32N2O4/c34-31(33-26-14-9-17-28(23-26)35-20-10-13-25-11-3-1-4-12-25)24-32-29-18-7-8-19-30(29)37-22-21-36-27-15-5-2-6-16-27/h1-9,11-12,14-19,23,32H,10,13,20-22,24H2,(H,33,34). The largest absolute Gasteiger partial charge is 0.494 e. The molecule has 0 atom stereocenters. The van der Waals surface area contributed by atoms with Gasteiger partial charge in [0.1, 0.15) is 30.5 Å². The molecular weight excluding hydrogens is 464 g/mol. The summed E-state index contributed by atoms with van der Waals surface area (Å²) >= 11 is 0. The summed E-state index contributed by atoms with van der Waals surface area (Å²) in [5.74, 6) is 2.03. The summed E-state index contributed by atoms with van der Waals surface area (Å²) in [4.78, 5) is 12.6. The van der Waals surface area contributed by atoms with Crippen LogP contribution < -0.4 is 24.8 Å². The minimum atomic E-state index is -0.163. The lowest BCUT2D eigenvalue weighted by Gasteiger charge is -2.14. The molecule has 0 aromatic heterocycles. The van der Waals surface area contributed by atoms with Crippen LogP contribution in [0.15, 0.2) is 109 Å². The highest BCUT2D eigenvalue weighted by atomic mass is 16.5. The van der Waals surface area contributed by atoms with Crippen molar-refractivity contribution in [3.63, 3.8) is 0 Å². The summed E-state index contributed by atoms with van der Waals surface area (Å²) < 4.78 is 17.4. The predicted octanol–water partition coefficient (Wildman–Crippen LogP) is 6.21. The van der Waals surface area contributed by atoms with E-state index in [1.807, 2.05) is 97.1 Å². The van der Waals surface area contributed by atoms with Crippen LogP contribution in [0.5, 0.6) is 17.2 Å². The van der Waals surface area contributed by atoms with E-state index in [0.29, 0.717) is 31.3 Å². The number of benzene rings is 4. The molecular formula is C31H32N2O4. The Morgan fingerprint density at radius 2 is 1.32 bits per heavy atom. The molecule has 4 aromatic carbocycles. The number of ether oxygens (including phenoxy) is 3. The van der Waals surface area contributed by atoms with Gasteiger partial charge >= 0.3 is 0 Å². The zero-order chi connectivity index (χ0) is 25.5. The Morgan fingerprint density at radius 1 is 0.649 bits per heavy atom. The molecule has 0 unspecified atom stereocenters. The summed E-state index contributed by atoms with van der Waals surface area (Å²) in [5, 5.41) is 6.07. The third-order valence-corrected chi connectivity index (χ3v) is 5.52. The highest BCUT2D eigenvalue weighted by Crippen LogP contribution is 2.24. The van der Waals surface area contributed by atoms with E-state index in [1.165, 1.54) is 5.56 Å². The van der Waals surface area contributed by atoms with E-state index in [0.717, 1.165) is 30.0 Å². The lowest BCUT2D eigenvalue weighted by Crippen LogP contribution is -2.22. The third-order valence-electron chi connectivity index (χ3n) is 5.52. The van der Waals surface area contributed by atoms with Crippen molar-refractivity contribution in [3.05, 3.63) is 115 Å². The number of carbonyl (C=O) groups is 1. The molecule has 1 amide bonds. The highest BCUT2D eigenvalue weighted by Gasteiger charge is 2.07. The van der Waals surface area contributed by atoms with Gasteiger partial charge in [0.05, 0.1) is 18.8 Å². The van der Waals surface area contributed by atoms with Crippen LogP contribution in [0.4, 0.5) is 11.4 Å². The van der Waals surface area contributed by atoms with Crippen LogP contribution in [0.1, 0.15) is 12.0 Å². The average Bonchev–Trinajstić information content (AvgIpc) is 2.94. The van der Waals surface area contributed by atoms with Crippen molar-refractivity contribution in [3.8, 4) is 17.2 Å². The van der Waals surface area contributed by atoms with E-state index in [2.05, 4.69) is 22.8 Å². The number of rotatable bonds is 14. The Bertz CT molecular complexity index is 1230. The van der Waals surface area contributed by atoms with Crippen LogP contribution in [0.25, 0.3) is 0 Å². The summed E-state index contributed by atoms with van der Waals surface area (Å²) in [6.07, 6.45) is 1.89. The molecule has 6 nitrogen and oxygen atoms in total.